The molecule has 98 valence electrons. The highest BCUT2D eigenvalue weighted by molar-refractivity contribution is 5.42. The first-order valence-corrected chi connectivity index (χ1v) is 5.91. The SMILES string of the molecule is Cc1nn(C)c(N)c1CN(C)Cc1nccn1C. The van der Waals surface area contributed by atoms with Crippen molar-refractivity contribution in [2.45, 2.75) is 20.0 Å². The first-order valence-electron chi connectivity index (χ1n) is 5.91. The van der Waals surface area contributed by atoms with Gasteiger partial charge in [-0.05, 0) is 14.0 Å². The molecule has 0 saturated carbocycles. The number of nitrogen functional groups attached to an aromatic ring is 1. The Bertz CT molecular complexity index is 539. The summed E-state index contributed by atoms with van der Waals surface area (Å²) < 4.78 is 3.75. The number of aromatic nitrogens is 4. The van der Waals surface area contributed by atoms with E-state index < -0.39 is 0 Å². The predicted molar refractivity (Wildman–Crippen MR) is 70.7 cm³/mol. The van der Waals surface area contributed by atoms with Crippen LogP contribution in [0.1, 0.15) is 17.1 Å². The van der Waals surface area contributed by atoms with Crippen molar-refractivity contribution in [2.24, 2.45) is 14.1 Å². The van der Waals surface area contributed by atoms with E-state index in [9.17, 15) is 0 Å². The van der Waals surface area contributed by atoms with Crippen LogP contribution in [0.5, 0.6) is 0 Å². The van der Waals surface area contributed by atoms with E-state index in [1.54, 1.807) is 4.68 Å². The Balaban J connectivity index is 2.07. The Labute approximate surface area is 107 Å². The van der Waals surface area contributed by atoms with Gasteiger partial charge in [0, 0.05) is 38.6 Å². The summed E-state index contributed by atoms with van der Waals surface area (Å²) in [6, 6.07) is 0. The Morgan fingerprint density at radius 1 is 1.33 bits per heavy atom. The van der Waals surface area contributed by atoms with E-state index in [2.05, 4.69) is 22.0 Å². The summed E-state index contributed by atoms with van der Waals surface area (Å²) in [5.74, 6) is 1.77. The molecule has 0 radical (unpaired) electrons. The summed E-state index contributed by atoms with van der Waals surface area (Å²) in [5, 5.41) is 4.32. The molecule has 0 saturated heterocycles. The topological polar surface area (TPSA) is 64.9 Å². The Hall–Kier alpha value is -1.82. The Kier molecular flexibility index (Phi) is 3.38. The van der Waals surface area contributed by atoms with Gasteiger partial charge in [0.1, 0.15) is 11.6 Å². The summed E-state index contributed by atoms with van der Waals surface area (Å²) in [4.78, 5) is 6.50. The van der Waals surface area contributed by atoms with Gasteiger partial charge < -0.3 is 10.3 Å². The van der Waals surface area contributed by atoms with Gasteiger partial charge in [-0.15, -0.1) is 0 Å². The third-order valence-corrected chi connectivity index (χ3v) is 3.15. The van der Waals surface area contributed by atoms with Gasteiger partial charge in [0.2, 0.25) is 0 Å². The van der Waals surface area contributed by atoms with E-state index in [-0.39, 0.29) is 0 Å². The molecule has 2 rings (SSSR count). The smallest absolute Gasteiger partial charge is 0.126 e. The summed E-state index contributed by atoms with van der Waals surface area (Å²) in [7, 11) is 5.92. The van der Waals surface area contributed by atoms with Crippen molar-refractivity contribution in [3.8, 4) is 0 Å². The molecule has 0 aromatic carbocycles. The fourth-order valence-corrected chi connectivity index (χ4v) is 2.03. The number of imidazole rings is 1. The minimum absolute atomic E-state index is 0.735. The lowest BCUT2D eigenvalue weighted by Gasteiger charge is -2.16. The number of nitrogens with two attached hydrogens (primary N) is 1. The molecule has 0 atom stereocenters. The molecule has 6 heteroatoms. The maximum Gasteiger partial charge on any atom is 0.126 e. The first kappa shape index (κ1) is 12.6. The van der Waals surface area contributed by atoms with Gasteiger partial charge in [0.15, 0.2) is 0 Å². The minimum Gasteiger partial charge on any atom is -0.384 e. The molecule has 0 unspecified atom stereocenters. The highest BCUT2D eigenvalue weighted by Crippen LogP contribution is 2.17. The number of rotatable bonds is 4. The molecule has 0 spiro atoms. The first-order chi connectivity index (χ1) is 8.49. The van der Waals surface area contributed by atoms with Crippen LogP contribution in [0, 0.1) is 6.92 Å². The third-order valence-electron chi connectivity index (χ3n) is 3.15. The van der Waals surface area contributed by atoms with Crippen molar-refractivity contribution in [1.82, 2.24) is 24.2 Å². The second-order valence-electron chi connectivity index (χ2n) is 4.70. The Morgan fingerprint density at radius 2 is 2.06 bits per heavy atom. The molecule has 0 bridgehead atoms. The van der Waals surface area contributed by atoms with E-state index in [0.717, 1.165) is 36.0 Å². The van der Waals surface area contributed by atoms with Crippen molar-refractivity contribution < 1.29 is 0 Å². The lowest BCUT2D eigenvalue weighted by molar-refractivity contribution is 0.307. The highest BCUT2D eigenvalue weighted by atomic mass is 15.3. The van der Waals surface area contributed by atoms with Crippen molar-refractivity contribution in [2.75, 3.05) is 12.8 Å². The van der Waals surface area contributed by atoms with Crippen LogP contribution in [0.3, 0.4) is 0 Å². The van der Waals surface area contributed by atoms with Gasteiger partial charge in [-0.3, -0.25) is 9.58 Å². The fraction of sp³-hybridized carbons (Fsp3) is 0.500. The van der Waals surface area contributed by atoms with Crippen molar-refractivity contribution in [3.63, 3.8) is 0 Å². The number of aryl methyl sites for hydroxylation is 3. The van der Waals surface area contributed by atoms with E-state index in [0.29, 0.717) is 0 Å². The molecule has 0 fully saturated rings. The van der Waals surface area contributed by atoms with Crippen LogP contribution in [0.2, 0.25) is 0 Å². The molecule has 0 aliphatic carbocycles. The number of anilines is 1. The van der Waals surface area contributed by atoms with Crippen LogP contribution in [-0.4, -0.2) is 31.3 Å². The van der Waals surface area contributed by atoms with Gasteiger partial charge in [0.25, 0.3) is 0 Å². The second-order valence-corrected chi connectivity index (χ2v) is 4.70. The normalized spacial score (nSPS) is 11.4. The average molecular weight is 248 g/mol. The highest BCUT2D eigenvalue weighted by Gasteiger charge is 2.13. The van der Waals surface area contributed by atoms with Crippen molar-refractivity contribution >= 4 is 5.82 Å². The van der Waals surface area contributed by atoms with Crippen LogP contribution >= 0.6 is 0 Å². The zero-order valence-electron chi connectivity index (χ0n) is 11.4. The number of nitrogens with zero attached hydrogens (tertiary/aromatic N) is 5. The monoisotopic (exact) mass is 248 g/mol. The van der Waals surface area contributed by atoms with Crippen molar-refractivity contribution in [3.05, 3.63) is 29.5 Å². The van der Waals surface area contributed by atoms with Crippen LogP contribution in [0.25, 0.3) is 0 Å². The zero-order chi connectivity index (χ0) is 13.3. The summed E-state index contributed by atoms with van der Waals surface area (Å²) in [6.07, 6.45) is 3.76. The molecule has 0 aliphatic heterocycles. The molecular weight excluding hydrogens is 228 g/mol. The van der Waals surface area contributed by atoms with Crippen LogP contribution < -0.4 is 5.73 Å². The molecule has 2 heterocycles. The fourth-order valence-electron chi connectivity index (χ4n) is 2.03. The van der Waals surface area contributed by atoms with Crippen molar-refractivity contribution in [1.29, 1.82) is 0 Å². The summed E-state index contributed by atoms with van der Waals surface area (Å²) >= 11 is 0. The second kappa shape index (κ2) is 4.81. The largest absolute Gasteiger partial charge is 0.384 e. The van der Waals surface area contributed by atoms with E-state index in [4.69, 9.17) is 5.73 Å². The minimum atomic E-state index is 0.735. The lowest BCUT2D eigenvalue weighted by Crippen LogP contribution is -2.20. The van der Waals surface area contributed by atoms with E-state index in [1.165, 1.54) is 0 Å². The van der Waals surface area contributed by atoms with E-state index >= 15 is 0 Å². The van der Waals surface area contributed by atoms with Gasteiger partial charge >= 0.3 is 0 Å². The van der Waals surface area contributed by atoms with Gasteiger partial charge in [0.05, 0.1) is 12.2 Å². The van der Waals surface area contributed by atoms with E-state index in [1.807, 2.05) is 38.0 Å². The predicted octanol–water partition coefficient (Wildman–Crippen LogP) is 0.676. The molecule has 18 heavy (non-hydrogen) atoms. The number of hydrogen-bond acceptors (Lipinski definition) is 4. The molecule has 2 aromatic rings. The van der Waals surface area contributed by atoms with Gasteiger partial charge in [-0.25, -0.2) is 4.98 Å². The third kappa shape index (κ3) is 2.38. The maximum absolute atomic E-state index is 6.01. The molecule has 2 N–H and O–H groups in total. The number of hydrogen-bond donors (Lipinski definition) is 1. The quantitative estimate of drug-likeness (QED) is 0.864. The molecule has 0 amide bonds. The lowest BCUT2D eigenvalue weighted by atomic mass is 10.2. The summed E-state index contributed by atoms with van der Waals surface area (Å²) in [6.45, 7) is 3.55. The van der Waals surface area contributed by atoms with Crippen LogP contribution in [0.4, 0.5) is 5.82 Å². The van der Waals surface area contributed by atoms with Crippen LogP contribution in [-0.2, 0) is 27.2 Å². The molecule has 2 aromatic heterocycles. The molecule has 0 aliphatic rings. The van der Waals surface area contributed by atoms with Gasteiger partial charge in [-0.2, -0.15) is 5.10 Å². The van der Waals surface area contributed by atoms with Crippen LogP contribution in [0.15, 0.2) is 12.4 Å². The molecule has 6 nitrogen and oxygen atoms in total. The average Bonchev–Trinajstić information content (AvgIpc) is 2.79. The maximum atomic E-state index is 6.01. The standard InChI is InChI=1S/C12H20N6/c1-9-10(12(13)18(4)15-9)7-16(2)8-11-14-5-6-17(11)3/h5-6H,7-8,13H2,1-4H3. The zero-order valence-corrected chi connectivity index (χ0v) is 11.4. The Morgan fingerprint density at radius 3 is 2.56 bits per heavy atom. The van der Waals surface area contributed by atoms with Gasteiger partial charge in [-0.1, -0.05) is 0 Å². The molecular formula is C12H20N6. The summed E-state index contributed by atoms with van der Waals surface area (Å²) in [5.41, 5.74) is 8.09.